The molecule has 0 aliphatic carbocycles. The van der Waals surface area contributed by atoms with Gasteiger partial charge < -0.3 is 4.40 Å². The molecule has 0 unspecified atom stereocenters. The smallest absolute Gasteiger partial charge is 0.235 e. The van der Waals surface area contributed by atoms with Crippen molar-refractivity contribution >= 4 is 70.9 Å². The number of aromatic nitrogens is 5. The molecule has 5 nitrogen and oxygen atoms in total. The van der Waals surface area contributed by atoms with Gasteiger partial charge in [-0.2, -0.15) is 0 Å². The van der Waals surface area contributed by atoms with Crippen LogP contribution in [0.4, 0.5) is 0 Å². The summed E-state index contributed by atoms with van der Waals surface area (Å²) in [6.45, 7) is 0. The lowest BCUT2D eigenvalue weighted by molar-refractivity contribution is 1.01. The van der Waals surface area contributed by atoms with Gasteiger partial charge in [-0.15, -0.1) is 0 Å². The second-order valence-electron chi connectivity index (χ2n) is 10.9. The van der Waals surface area contributed by atoms with E-state index < -0.39 is 0 Å². The number of fused-ring (bicyclic) bond motifs is 11. The summed E-state index contributed by atoms with van der Waals surface area (Å²) in [6.07, 6.45) is 1.81. The Kier molecular flexibility index (Phi) is 4.12. The number of pyridine rings is 1. The molecule has 0 aliphatic rings. The highest BCUT2D eigenvalue weighted by atomic mass is 15.2. The fourth-order valence-corrected chi connectivity index (χ4v) is 7.03. The molecular weight excluding hydrogens is 514 g/mol. The Balaban J connectivity index is 1.45. The predicted octanol–water partition coefficient (Wildman–Crippen LogP) is 8.94. The van der Waals surface area contributed by atoms with Crippen LogP contribution in [0.25, 0.3) is 88.1 Å². The molecule has 10 aromatic rings. The number of hydrogen-bond acceptors (Lipinski definition) is 3. The number of nitrogens with zero attached hydrogens (tertiary/aromatic N) is 5. The van der Waals surface area contributed by atoms with E-state index in [2.05, 4.69) is 100.0 Å². The fourth-order valence-electron chi connectivity index (χ4n) is 7.03. The first-order valence-electron chi connectivity index (χ1n) is 14.1. The van der Waals surface area contributed by atoms with Crippen LogP contribution in [0.5, 0.6) is 0 Å². The van der Waals surface area contributed by atoms with Gasteiger partial charge in [-0.3, -0.25) is 9.55 Å². The van der Waals surface area contributed by atoms with E-state index in [0.29, 0.717) is 5.95 Å². The van der Waals surface area contributed by atoms with Gasteiger partial charge in [0.25, 0.3) is 0 Å². The van der Waals surface area contributed by atoms with E-state index in [1.807, 2.05) is 36.5 Å². The Labute approximate surface area is 239 Å². The molecule has 5 heteroatoms. The Morgan fingerprint density at radius 1 is 0.500 bits per heavy atom. The van der Waals surface area contributed by atoms with Crippen LogP contribution in [0.3, 0.4) is 0 Å². The molecule has 0 saturated carbocycles. The third-order valence-electron chi connectivity index (χ3n) is 8.70. The molecule has 0 fully saturated rings. The largest absolute Gasteiger partial charge is 0.308 e. The molecule has 5 aromatic heterocycles. The van der Waals surface area contributed by atoms with E-state index in [9.17, 15) is 0 Å². The van der Waals surface area contributed by atoms with Crippen LogP contribution in [-0.2, 0) is 0 Å². The molecule has 42 heavy (non-hydrogen) atoms. The van der Waals surface area contributed by atoms with Crippen molar-refractivity contribution in [2.24, 2.45) is 0 Å². The van der Waals surface area contributed by atoms with E-state index in [-0.39, 0.29) is 0 Å². The summed E-state index contributed by atoms with van der Waals surface area (Å²) in [5.41, 5.74) is 9.36. The summed E-state index contributed by atoms with van der Waals surface area (Å²) >= 11 is 0. The average Bonchev–Trinajstić information content (AvgIpc) is 3.69. The highest BCUT2D eigenvalue weighted by Crippen LogP contribution is 2.46. The maximum Gasteiger partial charge on any atom is 0.235 e. The monoisotopic (exact) mass is 535 g/mol. The second-order valence-corrected chi connectivity index (χ2v) is 10.9. The minimum Gasteiger partial charge on any atom is -0.308 e. The van der Waals surface area contributed by atoms with Gasteiger partial charge in [-0.1, -0.05) is 84.9 Å². The lowest BCUT2D eigenvalue weighted by Gasteiger charge is -2.11. The standard InChI is InChI=1S/C37H21N5/c1-2-11-22(12-3-1)34-35-27(16-10-20-38-35)39-37(40-34)42-30-19-9-5-14-24(30)32-31(42)21-26-23-13-4-7-17-28(23)41-29-18-8-6-15-25(29)33(32)36(26)41/h1-21H. The van der Waals surface area contributed by atoms with Gasteiger partial charge in [0, 0.05) is 44.1 Å². The van der Waals surface area contributed by atoms with Gasteiger partial charge in [0.15, 0.2) is 0 Å². The quantitative estimate of drug-likeness (QED) is 0.222. The number of hydrogen-bond donors (Lipinski definition) is 0. The number of benzene rings is 5. The molecule has 0 amide bonds. The summed E-state index contributed by atoms with van der Waals surface area (Å²) in [6, 6.07) is 42.7. The summed E-state index contributed by atoms with van der Waals surface area (Å²) in [5, 5.41) is 7.42. The Morgan fingerprint density at radius 3 is 1.98 bits per heavy atom. The van der Waals surface area contributed by atoms with Crippen LogP contribution in [-0.4, -0.2) is 23.9 Å². The molecule has 194 valence electrons. The van der Waals surface area contributed by atoms with Crippen molar-refractivity contribution in [2.75, 3.05) is 0 Å². The van der Waals surface area contributed by atoms with Gasteiger partial charge in [0.2, 0.25) is 5.95 Å². The number of para-hydroxylation sites is 3. The summed E-state index contributed by atoms with van der Waals surface area (Å²) in [4.78, 5) is 15.1. The predicted molar refractivity (Wildman–Crippen MR) is 172 cm³/mol. The van der Waals surface area contributed by atoms with E-state index in [1.54, 1.807) is 0 Å². The molecule has 5 heterocycles. The molecule has 0 radical (unpaired) electrons. The normalized spacial score (nSPS) is 12.3. The first-order valence-corrected chi connectivity index (χ1v) is 14.1. The van der Waals surface area contributed by atoms with E-state index in [0.717, 1.165) is 33.3 Å². The van der Waals surface area contributed by atoms with Gasteiger partial charge in [-0.05, 0) is 36.4 Å². The van der Waals surface area contributed by atoms with Crippen molar-refractivity contribution in [3.8, 4) is 17.2 Å². The molecule has 0 bridgehead atoms. The second kappa shape index (κ2) is 7.89. The third kappa shape index (κ3) is 2.70. The number of rotatable bonds is 2. The molecule has 0 aliphatic heterocycles. The van der Waals surface area contributed by atoms with Crippen molar-refractivity contribution in [3.63, 3.8) is 0 Å². The molecule has 0 atom stereocenters. The van der Waals surface area contributed by atoms with Crippen LogP contribution in [0.1, 0.15) is 0 Å². The van der Waals surface area contributed by atoms with E-state index in [1.165, 1.54) is 48.9 Å². The van der Waals surface area contributed by atoms with Crippen molar-refractivity contribution in [1.82, 2.24) is 23.9 Å². The molecule has 10 rings (SSSR count). The van der Waals surface area contributed by atoms with Crippen LogP contribution in [0.2, 0.25) is 0 Å². The molecular formula is C37H21N5. The minimum atomic E-state index is 0.641. The molecule has 0 spiro atoms. The Bertz CT molecular complexity index is 2680. The maximum atomic E-state index is 5.24. The zero-order valence-corrected chi connectivity index (χ0v) is 22.4. The zero-order valence-electron chi connectivity index (χ0n) is 22.4. The van der Waals surface area contributed by atoms with Gasteiger partial charge in [-0.25, -0.2) is 9.97 Å². The van der Waals surface area contributed by atoms with Crippen molar-refractivity contribution in [1.29, 1.82) is 0 Å². The van der Waals surface area contributed by atoms with Crippen LogP contribution in [0.15, 0.2) is 128 Å². The molecule has 0 saturated heterocycles. The third-order valence-corrected chi connectivity index (χ3v) is 8.70. The Hall–Kier alpha value is -5.81. The first kappa shape index (κ1) is 21.9. The van der Waals surface area contributed by atoms with Crippen LogP contribution in [0, 0.1) is 0 Å². The minimum absolute atomic E-state index is 0.641. The summed E-state index contributed by atoms with van der Waals surface area (Å²) in [5.74, 6) is 0.641. The van der Waals surface area contributed by atoms with Crippen molar-refractivity contribution in [3.05, 3.63) is 128 Å². The summed E-state index contributed by atoms with van der Waals surface area (Å²) in [7, 11) is 0. The molecule has 5 aromatic carbocycles. The van der Waals surface area contributed by atoms with Crippen LogP contribution >= 0.6 is 0 Å². The van der Waals surface area contributed by atoms with Gasteiger partial charge in [0.05, 0.1) is 33.1 Å². The Morgan fingerprint density at radius 2 is 1.17 bits per heavy atom. The van der Waals surface area contributed by atoms with Crippen molar-refractivity contribution in [2.45, 2.75) is 0 Å². The lowest BCUT2D eigenvalue weighted by atomic mass is 10.0. The van der Waals surface area contributed by atoms with E-state index in [4.69, 9.17) is 15.0 Å². The SMILES string of the molecule is c1ccc(-c2nc(-n3c4ccccc4c4c5c6ccccc6n6c7ccccc7c(cc43)c56)nc3cccnc23)cc1. The fraction of sp³-hybridized carbons (Fsp3) is 0. The highest BCUT2D eigenvalue weighted by Gasteiger charge is 2.25. The van der Waals surface area contributed by atoms with Crippen LogP contribution < -0.4 is 0 Å². The highest BCUT2D eigenvalue weighted by molar-refractivity contribution is 6.35. The molecule has 0 N–H and O–H groups in total. The van der Waals surface area contributed by atoms with Gasteiger partial charge in [0.1, 0.15) is 11.2 Å². The first-order chi connectivity index (χ1) is 20.9. The topological polar surface area (TPSA) is 48.0 Å². The maximum absolute atomic E-state index is 5.24. The average molecular weight is 536 g/mol. The van der Waals surface area contributed by atoms with E-state index >= 15 is 0 Å². The van der Waals surface area contributed by atoms with Gasteiger partial charge >= 0.3 is 0 Å². The zero-order chi connectivity index (χ0) is 27.4. The van der Waals surface area contributed by atoms with Crippen molar-refractivity contribution < 1.29 is 0 Å². The lowest BCUT2D eigenvalue weighted by Crippen LogP contribution is -2.04. The summed E-state index contributed by atoms with van der Waals surface area (Å²) < 4.78 is 4.68.